The molecule has 0 aromatic heterocycles. The van der Waals surface area contributed by atoms with Crippen LogP contribution in [0.2, 0.25) is 0 Å². The standard InChI is InChI=1S/C28H25NO7/c30-23-22(29-25(31)19-13-7-8-14-20(19)26(29)32)28(33-15-17-9-3-1-4-10-17)35-21-16-34-27(36-24(21)23)18-11-5-2-6-12-18/h1-14,21-24,27-28,30H,15-16H2/t21-,22+,23+,24+,27-,28+/m0/s1. The van der Waals surface area contributed by atoms with Gasteiger partial charge >= 0.3 is 0 Å². The number of carbonyl (C=O) groups excluding carboxylic acids is 2. The molecule has 8 nitrogen and oxygen atoms in total. The van der Waals surface area contributed by atoms with Gasteiger partial charge in [-0.25, -0.2) is 0 Å². The second-order valence-corrected chi connectivity index (χ2v) is 9.02. The summed E-state index contributed by atoms with van der Waals surface area (Å²) >= 11 is 0. The van der Waals surface area contributed by atoms with Crippen LogP contribution in [0.1, 0.15) is 38.1 Å². The van der Waals surface area contributed by atoms with Crippen molar-refractivity contribution in [2.75, 3.05) is 6.61 Å². The van der Waals surface area contributed by atoms with E-state index in [0.29, 0.717) is 0 Å². The molecule has 184 valence electrons. The number of nitrogens with zero attached hydrogens (tertiary/aromatic N) is 1. The number of aliphatic hydroxyl groups excluding tert-OH is 1. The van der Waals surface area contributed by atoms with E-state index in [0.717, 1.165) is 16.0 Å². The fourth-order valence-corrected chi connectivity index (χ4v) is 5.00. The van der Waals surface area contributed by atoms with Crippen molar-refractivity contribution in [1.29, 1.82) is 0 Å². The molecular weight excluding hydrogens is 462 g/mol. The maximum absolute atomic E-state index is 13.3. The van der Waals surface area contributed by atoms with E-state index < -0.39 is 48.7 Å². The number of hydrogen-bond acceptors (Lipinski definition) is 7. The molecule has 0 bridgehead atoms. The molecule has 0 spiro atoms. The molecule has 3 aromatic rings. The van der Waals surface area contributed by atoms with Crippen LogP contribution in [-0.4, -0.2) is 59.1 Å². The maximum Gasteiger partial charge on any atom is 0.262 e. The first kappa shape index (κ1) is 23.0. The Morgan fingerprint density at radius 1 is 0.833 bits per heavy atom. The van der Waals surface area contributed by atoms with Gasteiger partial charge in [0.25, 0.3) is 11.8 Å². The van der Waals surface area contributed by atoms with E-state index in [9.17, 15) is 14.7 Å². The van der Waals surface area contributed by atoms with Crippen LogP contribution >= 0.6 is 0 Å². The number of benzene rings is 3. The lowest BCUT2D eigenvalue weighted by molar-refractivity contribution is -0.350. The van der Waals surface area contributed by atoms with Crippen LogP contribution in [0.15, 0.2) is 84.9 Å². The molecule has 36 heavy (non-hydrogen) atoms. The summed E-state index contributed by atoms with van der Waals surface area (Å²) in [6.45, 7) is 0.324. The molecule has 6 rings (SSSR count). The minimum Gasteiger partial charge on any atom is -0.388 e. The Kier molecular flexibility index (Phi) is 6.12. The normalized spacial score (nSPS) is 29.6. The van der Waals surface area contributed by atoms with Crippen molar-refractivity contribution in [3.63, 3.8) is 0 Å². The highest BCUT2D eigenvalue weighted by atomic mass is 16.7. The fourth-order valence-electron chi connectivity index (χ4n) is 5.00. The molecule has 3 heterocycles. The number of carbonyl (C=O) groups is 2. The Morgan fingerprint density at radius 3 is 2.11 bits per heavy atom. The number of amides is 2. The average molecular weight is 488 g/mol. The van der Waals surface area contributed by atoms with E-state index in [1.807, 2.05) is 60.7 Å². The molecule has 2 fully saturated rings. The Labute approximate surface area is 208 Å². The molecule has 0 aliphatic carbocycles. The molecule has 2 amide bonds. The van der Waals surface area contributed by atoms with E-state index >= 15 is 0 Å². The van der Waals surface area contributed by atoms with Gasteiger partial charge in [0, 0.05) is 5.56 Å². The van der Waals surface area contributed by atoms with E-state index in [1.54, 1.807) is 24.3 Å². The van der Waals surface area contributed by atoms with Crippen molar-refractivity contribution in [1.82, 2.24) is 4.90 Å². The zero-order valence-electron chi connectivity index (χ0n) is 19.3. The third kappa shape index (κ3) is 4.03. The second kappa shape index (κ2) is 9.57. The SMILES string of the molecule is O=C1c2ccccc2C(=O)N1[C@H]1[C@H](OCc2ccccc2)O[C@H]2CO[C@H](c3ccccc3)O[C@H]2[C@@H]1O. The highest BCUT2D eigenvalue weighted by Crippen LogP contribution is 2.38. The number of aliphatic hydroxyl groups is 1. The molecule has 0 radical (unpaired) electrons. The van der Waals surface area contributed by atoms with E-state index in [2.05, 4.69) is 0 Å². The first-order valence-electron chi connectivity index (χ1n) is 11.9. The van der Waals surface area contributed by atoms with Crippen molar-refractivity contribution >= 4 is 11.8 Å². The van der Waals surface area contributed by atoms with Crippen LogP contribution in [0, 0.1) is 0 Å². The van der Waals surface area contributed by atoms with E-state index in [-0.39, 0.29) is 24.3 Å². The molecule has 0 saturated carbocycles. The van der Waals surface area contributed by atoms with Gasteiger partial charge in [-0.15, -0.1) is 0 Å². The van der Waals surface area contributed by atoms with E-state index in [1.165, 1.54) is 0 Å². The zero-order chi connectivity index (χ0) is 24.6. The quantitative estimate of drug-likeness (QED) is 0.553. The van der Waals surface area contributed by atoms with Gasteiger partial charge in [-0.1, -0.05) is 72.8 Å². The van der Waals surface area contributed by atoms with Crippen LogP contribution in [0.4, 0.5) is 0 Å². The van der Waals surface area contributed by atoms with Gasteiger partial charge in [0.2, 0.25) is 0 Å². The lowest BCUT2D eigenvalue weighted by Gasteiger charge is -2.49. The highest BCUT2D eigenvalue weighted by Gasteiger charge is 2.55. The fraction of sp³-hybridized carbons (Fsp3) is 0.286. The summed E-state index contributed by atoms with van der Waals surface area (Å²) in [4.78, 5) is 27.7. The van der Waals surface area contributed by atoms with Crippen LogP contribution in [0.3, 0.4) is 0 Å². The molecule has 2 saturated heterocycles. The summed E-state index contributed by atoms with van der Waals surface area (Å²) in [6, 6.07) is 24.3. The maximum atomic E-state index is 13.3. The number of hydrogen-bond donors (Lipinski definition) is 1. The monoisotopic (exact) mass is 487 g/mol. The number of imide groups is 1. The molecule has 6 atom stereocenters. The Hall–Kier alpha value is -3.40. The first-order valence-corrected chi connectivity index (χ1v) is 11.9. The topological polar surface area (TPSA) is 94.5 Å². The van der Waals surface area contributed by atoms with Gasteiger partial charge in [0.05, 0.1) is 24.3 Å². The van der Waals surface area contributed by atoms with Gasteiger partial charge in [-0.2, -0.15) is 0 Å². The van der Waals surface area contributed by atoms with Crippen molar-refractivity contribution < 1.29 is 33.6 Å². The average Bonchev–Trinajstić information content (AvgIpc) is 3.18. The van der Waals surface area contributed by atoms with Crippen molar-refractivity contribution in [2.45, 2.75) is 43.5 Å². The van der Waals surface area contributed by atoms with Gasteiger partial charge in [0.15, 0.2) is 12.6 Å². The third-order valence-corrected chi connectivity index (χ3v) is 6.79. The highest BCUT2D eigenvalue weighted by molar-refractivity contribution is 6.21. The molecule has 0 unspecified atom stereocenters. The molecule has 1 N–H and O–H groups in total. The molecule has 8 heteroatoms. The molecule has 3 aliphatic rings. The van der Waals surface area contributed by atoms with Crippen LogP contribution in [0.25, 0.3) is 0 Å². The molecule has 3 aromatic carbocycles. The number of ether oxygens (including phenoxy) is 4. The minimum absolute atomic E-state index is 0.154. The molecular formula is C28H25NO7. The lowest BCUT2D eigenvalue weighted by atomic mass is 9.94. The van der Waals surface area contributed by atoms with Crippen LogP contribution in [-0.2, 0) is 25.6 Å². The lowest BCUT2D eigenvalue weighted by Crippen LogP contribution is -2.67. The van der Waals surface area contributed by atoms with Crippen molar-refractivity contribution in [3.8, 4) is 0 Å². The predicted octanol–water partition coefficient (Wildman–Crippen LogP) is 3.07. The van der Waals surface area contributed by atoms with Crippen LogP contribution in [0.5, 0.6) is 0 Å². The number of fused-ring (bicyclic) bond motifs is 2. The first-order chi connectivity index (χ1) is 17.6. The summed E-state index contributed by atoms with van der Waals surface area (Å²) in [5.41, 5.74) is 2.25. The smallest absolute Gasteiger partial charge is 0.262 e. The third-order valence-electron chi connectivity index (χ3n) is 6.79. The predicted molar refractivity (Wildman–Crippen MR) is 127 cm³/mol. The Morgan fingerprint density at radius 2 is 1.44 bits per heavy atom. The largest absolute Gasteiger partial charge is 0.388 e. The second-order valence-electron chi connectivity index (χ2n) is 9.02. The van der Waals surface area contributed by atoms with Gasteiger partial charge < -0.3 is 24.1 Å². The van der Waals surface area contributed by atoms with E-state index in [4.69, 9.17) is 18.9 Å². The van der Waals surface area contributed by atoms with Gasteiger partial charge in [0.1, 0.15) is 24.4 Å². The molecule has 3 aliphatic heterocycles. The Bertz CT molecular complexity index is 1220. The zero-order valence-corrected chi connectivity index (χ0v) is 19.3. The Balaban J connectivity index is 1.31. The van der Waals surface area contributed by atoms with Crippen molar-refractivity contribution in [3.05, 3.63) is 107 Å². The summed E-state index contributed by atoms with van der Waals surface area (Å²) in [7, 11) is 0. The summed E-state index contributed by atoms with van der Waals surface area (Å²) in [6.07, 6.45) is -4.54. The van der Waals surface area contributed by atoms with Gasteiger partial charge in [-0.3, -0.25) is 14.5 Å². The van der Waals surface area contributed by atoms with Crippen molar-refractivity contribution in [2.24, 2.45) is 0 Å². The summed E-state index contributed by atoms with van der Waals surface area (Å²) in [5, 5.41) is 11.6. The summed E-state index contributed by atoms with van der Waals surface area (Å²) < 4.78 is 24.3. The number of rotatable bonds is 5. The van der Waals surface area contributed by atoms with Gasteiger partial charge in [-0.05, 0) is 17.7 Å². The summed E-state index contributed by atoms with van der Waals surface area (Å²) in [5.74, 6) is -0.997. The van der Waals surface area contributed by atoms with Crippen LogP contribution < -0.4 is 0 Å². The minimum atomic E-state index is -1.26.